The molecule has 206 valence electrons. The Bertz CT molecular complexity index is 946. The van der Waals surface area contributed by atoms with Crippen LogP contribution in [0, 0.1) is 0 Å². The molecule has 0 aliphatic carbocycles. The molecule has 0 spiro atoms. The Hall–Kier alpha value is -3.17. The minimum atomic E-state index is -5.08. The standard InChI is InChI=1S/C18H22N2O3.2C2HF3O2/c1-3-14(9-19-6-1)13-23-17-11-20(10-15-5-8-21-12-15)16-4-2-7-22-18(16)17;2*3-2(4,5)1(6)7/h1,3,5-6,8-9,12,16-18H,2,4,7,10-11,13H2;2*(H,6,7)/t16-,17+,18-;;/m0../s1. The van der Waals surface area contributed by atoms with Gasteiger partial charge in [-0.2, -0.15) is 26.3 Å². The fraction of sp³-hybridized carbons (Fsp3) is 0.500. The third kappa shape index (κ3) is 10.0. The molecular weight excluding hydrogens is 518 g/mol. The van der Waals surface area contributed by atoms with Gasteiger partial charge in [-0.3, -0.25) is 9.88 Å². The van der Waals surface area contributed by atoms with Gasteiger partial charge in [0.1, 0.15) is 6.10 Å². The zero-order valence-corrected chi connectivity index (χ0v) is 19.1. The first-order valence-corrected chi connectivity index (χ1v) is 10.8. The maximum Gasteiger partial charge on any atom is 0.490 e. The monoisotopic (exact) mass is 542 g/mol. The summed E-state index contributed by atoms with van der Waals surface area (Å²) in [5.41, 5.74) is 2.32. The molecule has 2 saturated heterocycles. The summed E-state index contributed by atoms with van der Waals surface area (Å²) in [6.07, 6.45) is -0.379. The first-order chi connectivity index (χ1) is 17.3. The van der Waals surface area contributed by atoms with Gasteiger partial charge in [0, 0.05) is 43.7 Å². The number of furan rings is 1. The summed E-state index contributed by atoms with van der Waals surface area (Å²) in [5, 5.41) is 14.2. The first-order valence-electron chi connectivity index (χ1n) is 10.8. The van der Waals surface area contributed by atoms with E-state index in [9.17, 15) is 26.3 Å². The van der Waals surface area contributed by atoms with E-state index in [1.54, 1.807) is 12.5 Å². The average molecular weight is 542 g/mol. The Balaban J connectivity index is 0.000000286. The number of likely N-dealkylation sites (tertiary alicyclic amines) is 1. The maximum absolute atomic E-state index is 10.6. The fourth-order valence-corrected chi connectivity index (χ4v) is 3.64. The highest BCUT2D eigenvalue weighted by Gasteiger charge is 2.44. The van der Waals surface area contributed by atoms with Crippen molar-refractivity contribution in [2.24, 2.45) is 0 Å². The van der Waals surface area contributed by atoms with Crippen LogP contribution >= 0.6 is 0 Å². The number of alkyl halides is 6. The predicted octanol–water partition coefficient (Wildman–Crippen LogP) is 3.89. The fourth-order valence-electron chi connectivity index (χ4n) is 3.64. The number of carboxylic acid groups (broad SMARTS) is 2. The van der Waals surface area contributed by atoms with Gasteiger partial charge < -0.3 is 24.1 Å². The molecule has 3 atom stereocenters. The van der Waals surface area contributed by atoms with E-state index in [-0.39, 0.29) is 12.2 Å². The van der Waals surface area contributed by atoms with Crippen LogP contribution in [0.4, 0.5) is 26.3 Å². The number of pyridine rings is 1. The van der Waals surface area contributed by atoms with E-state index < -0.39 is 24.3 Å². The van der Waals surface area contributed by atoms with Crippen LogP contribution in [0.25, 0.3) is 0 Å². The highest BCUT2D eigenvalue weighted by Crippen LogP contribution is 2.32. The number of hydrogen-bond acceptors (Lipinski definition) is 7. The number of aliphatic carboxylic acids is 2. The van der Waals surface area contributed by atoms with Crippen LogP contribution in [0.3, 0.4) is 0 Å². The molecule has 2 fully saturated rings. The van der Waals surface area contributed by atoms with Gasteiger partial charge in [0.2, 0.25) is 0 Å². The van der Waals surface area contributed by atoms with Gasteiger partial charge >= 0.3 is 24.3 Å². The van der Waals surface area contributed by atoms with Crippen LogP contribution in [0.1, 0.15) is 24.0 Å². The second-order valence-corrected chi connectivity index (χ2v) is 7.92. The summed E-state index contributed by atoms with van der Waals surface area (Å²) in [6, 6.07) is 6.46. The summed E-state index contributed by atoms with van der Waals surface area (Å²) in [7, 11) is 0. The summed E-state index contributed by atoms with van der Waals surface area (Å²) < 4.78 is 80.9. The summed E-state index contributed by atoms with van der Waals surface area (Å²) in [6.45, 7) is 3.23. The molecule has 2 aliphatic heterocycles. The van der Waals surface area contributed by atoms with Gasteiger partial charge in [0.05, 0.1) is 25.2 Å². The van der Waals surface area contributed by atoms with Crippen LogP contribution in [0.15, 0.2) is 47.5 Å². The van der Waals surface area contributed by atoms with Crippen molar-refractivity contribution in [3.63, 3.8) is 0 Å². The normalized spacial score (nSPS) is 21.6. The Kier molecular flexibility index (Phi) is 10.9. The molecule has 15 heteroatoms. The van der Waals surface area contributed by atoms with E-state index in [4.69, 9.17) is 33.7 Å². The van der Waals surface area contributed by atoms with E-state index in [1.807, 2.05) is 30.7 Å². The topological polar surface area (TPSA) is 122 Å². The molecule has 2 aromatic heterocycles. The quantitative estimate of drug-likeness (QED) is 0.542. The van der Waals surface area contributed by atoms with Crippen molar-refractivity contribution in [2.75, 3.05) is 13.2 Å². The minimum Gasteiger partial charge on any atom is -0.475 e. The second-order valence-electron chi connectivity index (χ2n) is 7.92. The number of ether oxygens (including phenoxy) is 2. The third-order valence-corrected chi connectivity index (χ3v) is 5.22. The van der Waals surface area contributed by atoms with Crippen molar-refractivity contribution in [3.05, 3.63) is 54.2 Å². The molecule has 0 unspecified atom stereocenters. The van der Waals surface area contributed by atoms with E-state index in [1.165, 1.54) is 12.0 Å². The lowest BCUT2D eigenvalue weighted by Gasteiger charge is -2.32. The zero-order chi connectivity index (χ0) is 27.6. The number of aromatic nitrogens is 1. The van der Waals surface area contributed by atoms with Crippen molar-refractivity contribution < 1.29 is 60.0 Å². The van der Waals surface area contributed by atoms with Crippen molar-refractivity contribution >= 4 is 11.9 Å². The van der Waals surface area contributed by atoms with E-state index in [2.05, 4.69) is 9.88 Å². The van der Waals surface area contributed by atoms with Gasteiger partial charge in [-0.05, 0) is 30.5 Å². The lowest BCUT2D eigenvalue weighted by Crippen LogP contribution is -2.41. The number of halogens is 6. The molecular formula is C22H24F6N2O7. The Labute approximate surface area is 206 Å². The zero-order valence-electron chi connectivity index (χ0n) is 19.1. The Morgan fingerprint density at radius 2 is 1.73 bits per heavy atom. The Morgan fingerprint density at radius 1 is 1.08 bits per heavy atom. The largest absolute Gasteiger partial charge is 0.490 e. The molecule has 0 aromatic carbocycles. The smallest absolute Gasteiger partial charge is 0.475 e. The minimum absolute atomic E-state index is 0.118. The lowest BCUT2D eigenvalue weighted by molar-refractivity contribution is -0.193. The number of fused-ring (bicyclic) bond motifs is 1. The molecule has 4 heterocycles. The molecule has 0 amide bonds. The van der Waals surface area contributed by atoms with E-state index in [0.29, 0.717) is 12.6 Å². The van der Waals surface area contributed by atoms with Crippen LogP contribution in [0.2, 0.25) is 0 Å². The lowest BCUT2D eigenvalue weighted by atomic mass is 10.0. The van der Waals surface area contributed by atoms with Gasteiger partial charge in [0.25, 0.3) is 0 Å². The predicted molar refractivity (Wildman–Crippen MR) is 112 cm³/mol. The van der Waals surface area contributed by atoms with E-state index in [0.717, 1.165) is 31.7 Å². The molecule has 4 rings (SSSR count). The second kappa shape index (κ2) is 13.4. The summed E-state index contributed by atoms with van der Waals surface area (Å²) >= 11 is 0. The van der Waals surface area contributed by atoms with Crippen molar-refractivity contribution in [3.8, 4) is 0 Å². The highest BCUT2D eigenvalue weighted by atomic mass is 19.4. The molecule has 2 aromatic rings. The number of carboxylic acids is 2. The van der Waals surface area contributed by atoms with E-state index >= 15 is 0 Å². The number of rotatable bonds is 5. The van der Waals surface area contributed by atoms with Crippen LogP contribution < -0.4 is 0 Å². The molecule has 2 aliphatic rings. The number of hydrogen-bond donors (Lipinski definition) is 2. The maximum atomic E-state index is 10.6. The van der Waals surface area contributed by atoms with Crippen LogP contribution in [-0.4, -0.2) is 75.8 Å². The van der Waals surface area contributed by atoms with Crippen molar-refractivity contribution in [2.45, 2.75) is 56.6 Å². The molecule has 0 saturated carbocycles. The number of nitrogens with zero attached hydrogens (tertiary/aromatic N) is 2. The first kappa shape index (κ1) is 30.1. The molecule has 0 bridgehead atoms. The summed E-state index contributed by atoms with van der Waals surface area (Å²) in [4.78, 5) is 24.4. The molecule has 9 nitrogen and oxygen atoms in total. The molecule has 37 heavy (non-hydrogen) atoms. The van der Waals surface area contributed by atoms with Crippen molar-refractivity contribution in [1.82, 2.24) is 9.88 Å². The van der Waals surface area contributed by atoms with Gasteiger partial charge in [-0.1, -0.05) is 6.07 Å². The average Bonchev–Trinajstić information content (AvgIpc) is 3.46. The number of carbonyl (C=O) groups is 2. The van der Waals surface area contributed by atoms with Gasteiger partial charge in [-0.15, -0.1) is 0 Å². The Morgan fingerprint density at radius 3 is 2.24 bits per heavy atom. The SMILES string of the molecule is O=C(O)C(F)(F)F.O=C(O)C(F)(F)F.c1cncc(CO[C@@H]2CN(Cc3ccoc3)[C@H]3CCCO[C@H]23)c1. The van der Waals surface area contributed by atoms with Gasteiger partial charge in [-0.25, -0.2) is 9.59 Å². The van der Waals surface area contributed by atoms with Crippen molar-refractivity contribution in [1.29, 1.82) is 0 Å². The molecule has 0 radical (unpaired) electrons. The third-order valence-electron chi connectivity index (χ3n) is 5.22. The van der Waals surface area contributed by atoms with Crippen LogP contribution in [0.5, 0.6) is 0 Å². The highest BCUT2D eigenvalue weighted by molar-refractivity contribution is 5.73. The van der Waals surface area contributed by atoms with Crippen LogP contribution in [-0.2, 0) is 32.2 Å². The van der Waals surface area contributed by atoms with Gasteiger partial charge in [0.15, 0.2) is 0 Å². The summed E-state index contributed by atoms with van der Waals surface area (Å²) in [5.74, 6) is -5.51. The molecule has 2 N–H and O–H groups in total.